The number of rotatable bonds is 6. The van der Waals surface area contributed by atoms with Crippen LogP contribution in [0.2, 0.25) is 0 Å². The number of aromatic nitrogens is 2. The standard InChI is InChI=1S/C20H25N7O2S/c1-5-25(4)30(28,29)17-8-6-7-16(10-17)26-12-19-21-15(3)11-27(19)20(13-26)22-18-9-14(2)23-24-18/h6-11,13H,5,12H2,1-4H3,(H2,22,23,24)/p+1. The van der Waals surface area contributed by atoms with Gasteiger partial charge in [-0.05, 0) is 32.0 Å². The molecule has 0 bridgehead atoms. The summed E-state index contributed by atoms with van der Waals surface area (Å²) in [6.07, 6.45) is 4.02. The fourth-order valence-corrected chi connectivity index (χ4v) is 4.66. The average molecular weight is 429 g/mol. The Bertz CT molecular complexity index is 1160. The van der Waals surface area contributed by atoms with Gasteiger partial charge in [-0.2, -0.15) is 10.1 Å². The largest absolute Gasteiger partial charge is 0.329 e. The number of sulfonamides is 1. The molecule has 2 aliphatic heterocycles. The van der Waals surface area contributed by atoms with Crippen molar-refractivity contribution in [3.63, 3.8) is 0 Å². The van der Waals surface area contributed by atoms with Crippen molar-refractivity contribution in [1.29, 1.82) is 0 Å². The molecule has 2 aromatic rings. The number of quaternary nitrogens is 1. The zero-order chi connectivity index (χ0) is 21.5. The molecule has 1 atom stereocenters. The summed E-state index contributed by atoms with van der Waals surface area (Å²) in [5.41, 5.74) is 2.68. The summed E-state index contributed by atoms with van der Waals surface area (Å²) in [6.45, 7) is 6.69. The molecule has 0 radical (unpaired) electrons. The van der Waals surface area contributed by atoms with Gasteiger partial charge in [-0.15, -0.1) is 0 Å². The predicted molar refractivity (Wildman–Crippen MR) is 116 cm³/mol. The zero-order valence-electron chi connectivity index (χ0n) is 17.5. The fourth-order valence-electron chi connectivity index (χ4n) is 3.44. The number of nitrogens with zero attached hydrogens (tertiary/aromatic N) is 4. The van der Waals surface area contributed by atoms with E-state index < -0.39 is 10.0 Å². The van der Waals surface area contributed by atoms with Gasteiger partial charge in [0.25, 0.3) is 0 Å². The highest BCUT2D eigenvalue weighted by molar-refractivity contribution is 7.89. The highest BCUT2D eigenvalue weighted by Crippen LogP contribution is 2.24. The van der Waals surface area contributed by atoms with Gasteiger partial charge in [0.2, 0.25) is 21.7 Å². The van der Waals surface area contributed by atoms with Gasteiger partial charge >= 0.3 is 0 Å². The van der Waals surface area contributed by atoms with Crippen LogP contribution < -0.4 is 15.1 Å². The van der Waals surface area contributed by atoms with Crippen LogP contribution in [0.4, 0.5) is 11.5 Å². The van der Waals surface area contributed by atoms with Crippen molar-refractivity contribution < 1.29 is 13.3 Å². The first-order valence-electron chi connectivity index (χ1n) is 9.75. The number of aliphatic imine (C=N–C) groups is 1. The minimum Gasteiger partial charge on any atom is -0.329 e. The van der Waals surface area contributed by atoms with Crippen molar-refractivity contribution in [3.8, 4) is 0 Å². The number of aromatic amines is 1. The Labute approximate surface area is 176 Å². The summed E-state index contributed by atoms with van der Waals surface area (Å²) in [5.74, 6) is 2.51. The minimum atomic E-state index is -3.53. The van der Waals surface area contributed by atoms with E-state index in [1.165, 1.54) is 4.31 Å². The van der Waals surface area contributed by atoms with Crippen molar-refractivity contribution in [2.75, 3.05) is 30.4 Å². The molecule has 158 valence electrons. The number of amidine groups is 1. The van der Waals surface area contributed by atoms with E-state index >= 15 is 0 Å². The van der Waals surface area contributed by atoms with Crippen LogP contribution in [0.25, 0.3) is 0 Å². The third kappa shape index (κ3) is 3.76. The number of nitrogens with one attached hydrogen (secondary N) is 3. The number of aryl methyl sites for hydroxylation is 1. The summed E-state index contributed by atoms with van der Waals surface area (Å²) >= 11 is 0. The second-order valence-corrected chi connectivity index (χ2v) is 9.45. The molecule has 0 fully saturated rings. The normalized spacial score (nSPS) is 18.8. The molecule has 4 rings (SSSR count). The number of hydrogen-bond donors (Lipinski definition) is 3. The first-order valence-corrected chi connectivity index (χ1v) is 11.2. The Morgan fingerprint density at radius 3 is 2.80 bits per heavy atom. The van der Waals surface area contributed by atoms with Crippen LogP contribution in [0.15, 0.2) is 64.1 Å². The van der Waals surface area contributed by atoms with Gasteiger partial charge in [-0.1, -0.05) is 13.0 Å². The molecule has 9 nitrogen and oxygen atoms in total. The van der Waals surface area contributed by atoms with E-state index in [1.54, 1.807) is 25.2 Å². The maximum atomic E-state index is 12.8. The third-order valence-electron chi connectivity index (χ3n) is 5.14. The van der Waals surface area contributed by atoms with Crippen LogP contribution >= 0.6 is 0 Å². The minimum absolute atomic E-state index is 0.271. The quantitative estimate of drug-likeness (QED) is 0.643. The summed E-state index contributed by atoms with van der Waals surface area (Å²) in [6, 6.07) is 8.92. The molecule has 1 unspecified atom stereocenters. The van der Waals surface area contributed by atoms with Crippen molar-refractivity contribution in [2.24, 2.45) is 4.99 Å². The molecule has 0 saturated carbocycles. The summed E-state index contributed by atoms with van der Waals surface area (Å²) < 4.78 is 26.9. The number of hydrogen-bond acceptors (Lipinski definition) is 6. The highest BCUT2D eigenvalue weighted by atomic mass is 32.2. The van der Waals surface area contributed by atoms with E-state index in [2.05, 4.69) is 20.5 Å². The van der Waals surface area contributed by atoms with E-state index in [1.807, 2.05) is 50.2 Å². The number of fused-ring (bicyclic) bond motifs is 1. The van der Waals surface area contributed by atoms with Crippen LogP contribution in [-0.2, 0) is 10.0 Å². The number of H-pyrrole nitrogens is 1. The first-order chi connectivity index (χ1) is 14.3. The molecule has 1 aromatic carbocycles. The van der Waals surface area contributed by atoms with E-state index in [-0.39, 0.29) is 4.90 Å². The Balaban J connectivity index is 1.70. The number of benzene rings is 1. The van der Waals surface area contributed by atoms with Gasteiger partial charge in [0.1, 0.15) is 12.7 Å². The maximum Gasteiger partial charge on any atom is 0.242 e. The molecule has 0 aliphatic carbocycles. The fraction of sp³-hybridized carbons (Fsp3) is 0.300. The van der Waals surface area contributed by atoms with Crippen LogP contribution in [0.3, 0.4) is 0 Å². The summed E-state index contributed by atoms with van der Waals surface area (Å²) in [4.78, 5) is 7.96. The molecule has 3 heterocycles. The first kappa shape index (κ1) is 20.3. The van der Waals surface area contributed by atoms with E-state index in [0.29, 0.717) is 18.9 Å². The molecule has 0 saturated heterocycles. The lowest BCUT2D eigenvalue weighted by molar-refractivity contribution is -0.698. The van der Waals surface area contributed by atoms with Gasteiger partial charge in [-0.25, -0.2) is 17.6 Å². The lowest BCUT2D eigenvalue weighted by Crippen LogP contribution is -3.10. The van der Waals surface area contributed by atoms with Gasteiger partial charge < -0.3 is 4.90 Å². The molecule has 2 aliphatic rings. The van der Waals surface area contributed by atoms with Crippen LogP contribution in [0, 0.1) is 6.92 Å². The van der Waals surface area contributed by atoms with Crippen LogP contribution in [0.1, 0.15) is 19.5 Å². The van der Waals surface area contributed by atoms with Crippen molar-refractivity contribution in [1.82, 2.24) is 14.5 Å². The Morgan fingerprint density at radius 1 is 1.30 bits per heavy atom. The molecule has 0 spiro atoms. The Kier molecular flexibility index (Phi) is 5.22. The molecule has 3 N–H and O–H groups in total. The van der Waals surface area contributed by atoms with Crippen LogP contribution in [0.5, 0.6) is 0 Å². The molecular weight excluding hydrogens is 402 g/mol. The van der Waals surface area contributed by atoms with E-state index in [4.69, 9.17) is 0 Å². The van der Waals surface area contributed by atoms with Gasteiger partial charge in [0.05, 0.1) is 16.8 Å². The van der Waals surface area contributed by atoms with Gasteiger partial charge in [-0.3, -0.25) is 10.4 Å². The highest BCUT2D eigenvalue weighted by Gasteiger charge is 2.34. The topological polar surface area (TPSA) is 98.1 Å². The smallest absolute Gasteiger partial charge is 0.242 e. The van der Waals surface area contributed by atoms with E-state index in [9.17, 15) is 8.42 Å². The SMILES string of the molecule is CCN(C)S(=O)(=O)c1cccc(N2C=C(Nc3cc(C)[nH]n3)[NH+]3C=C(C)N=C3C2)c1. The maximum absolute atomic E-state index is 12.8. The second-order valence-electron chi connectivity index (χ2n) is 7.41. The predicted octanol–water partition coefficient (Wildman–Crippen LogP) is 1.25. The monoisotopic (exact) mass is 428 g/mol. The molecule has 1 aromatic heterocycles. The average Bonchev–Trinajstić information content (AvgIpc) is 3.31. The van der Waals surface area contributed by atoms with Gasteiger partial charge in [0, 0.05) is 31.0 Å². The Hall–Kier alpha value is -2.95. The summed E-state index contributed by atoms with van der Waals surface area (Å²) in [5, 5.41) is 10.5. The van der Waals surface area contributed by atoms with Crippen molar-refractivity contribution in [2.45, 2.75) is 25.7 Å². The molecule has 0 amide bonds. The Morgan fingerprint density at radius 2 is 2.10 bits per heavy atom. The van der Waals surface area contributed by atoms with Crippen LogP contribution in [-0.4, -0.2) is 48.9 Å². The molecule has 30 heavy (non-hydrogen) atoms. The lowest BCUT2D eigenvalue weighted by atomic mass is 10.2. The lowest BCUT2D eigenvalue weighted by Gasteiger charge is -2.29. The molecular formula is C20H26N7O2S+. The zero-order valence-corrected chi connectivity index (χ0v) is 18.3. The number of anilines is 2. The van der Waals surface area contributed by atoms with Gasteiger partial charge in [0.15, 0.2) is 5.82 Å². The second kappa shape index (κ2) is 7.71. The number of allylic oxidation sites excluding steroid dienone is 1. The summed E-state index contributed by atoms with van der Waals surface area (Å²) in [7, 11) is -1.94. The van der Waals surface area contributed by atoms with Crippen molar-refractivity contribution >= 4 is 27.4 Å². The van der Waals surface area contributed by atoms with E-state index in [0.717, 1.165) is 33.6 Å². The van der Waals surface area contributed by atoms with Crippen molar-refractivity contribution in [3.05, 3.63) is 59.9 Å². The molecule has 10 heteroatoms. The third-order valence-corrected chi connectivity index (χ3v) is 7.07.